The van der Waals surface area contributed by atoms with E-state index in [0.717, 1.165) is 38.9 Å². The molecule has 0 saturated carbocycles. The van der Waals surface area contributed by atoms with Gasteiger partial charge < -0.3 is 14.8 Å². The SMILES string of the molecule is CCC(CNCCCS(=O)(=O)c1sc2ccc(Cl)cc2c1C)Oc1ccc(CCC(=O)OC)c(C)c1. The second-order valence-electron chi connectivity index (χ2n) is 8.84. The summed E-state index contributed by atoms with van der Waals surface area (Å²) in [4.78, 5) is 11.4. The predicted molar refractivity (Wildman–Crippen MR) is 147 cm³/mol. The molecule has 1 unspecified atom stereocenters. The Balaban J connectivity index is 1.48. The minimum atomic E-state index is -3.37. The first-order valence-corrected chi connectivity index (χ1v) is 14.9. The molecule has 0 amide bonds. The van der Waals surface area contributed by atoms with Gasteiger partial charge in [0.25, 0.3) is 0 Å². The smallest absolute Gasteiger partial charge is 0.305 e. The molecule has 36 heavy (non-hydrogen) atoms. The molecular weight excluding hydrogens is 518 g/mol. The zero-order chi connectivity index (χ0) is 26.3. The largest absolute Gasteiger partial charge is 0.489 e. The maximum atomic E-state index is 13.0. The zero-order valence-corrected chi connectivity index (χ0v) is 23.6. The molecule has 0 aliphatic carbocycles. The first-order chi connectivity index (χ1) is 17.1. The number of carbonyl (C=O) groups is 1. The fourth-order valence-corrected chi connectivity index (χ4v) is 7.44. The molecule has 6 nitrogen and oxygen atoms in total. The lowest BCUT2D eigenvalue weighted by molar-refractivity contribution is -0.140. The minimum absolute atomic E-state index is 0.0310. The van der Waals surface area contributed by atoms with Gasteiger partial charge in [-0.15, -0.1) is 11.3 Å². The molecule has 1 N–H and O–H groups in total. The molecule has 9 heteroatoms. The van der Waals surface area contributed by atoms with E-state index < -0.39 is 9.84 Å². The van der Waals surface area contributed by atoms with Crippen molar-refractivity contribution in [3.05, 3.63) is 58.1 Å². The Labute approximate surface area is 222 Å². The third kappa shape index (κ3) is 7.44. The standard InChI is InChI=1S/C27H34ClNO5S2/c1-5-22(34-23-10-7-20(18(2)15-23)8-12-26(30)33-4)17-29-13-6-14-36(31,32)27-19(3)24-16-21(28)9-11-25(24)35-27/h7,9-11,15-16,22,29H,5-6,8,12-14,17H2,1-4H3. The Kier molecular flexibility index (Phi) is 10.2. The lowest BCUT2D eigenvalue weighted by atomic mass is 10.0. The van der Waals surface area contributed by atoms with Crippen molar-refractivity contribution in [3.63, 3.8) is 0 Å². The molecule has 0 aliphatic rings. The van der Waals surface area contributed by atoms with Crippen LogP contribution in [0.3, 0.4) is 0 Å². The summed E-state index contributed by atoms with van der Waals surface area (Å²) in [5.41, 5.74) is 2.94. The first kappa shape index (κ1) is 28.4. The van der Waals surface area contributed by atoms with Gasteiger partial charge in [0, 0.05) is 22.7 Å². The van der Waals surface area contributed by atoms with Gasteiger partial charge in [0.15, 0.2) is 9.84 Å². The number of methoxy groups -OCH3 is 1. The lowest BCUT2D eigenvalue weighted by Crippen LogP contribution is -2.32. The predicted octanol–water partition coefficient (Wildman–Crippen LogP) is 5.89. The highest BCUT2D eigenvalue weighted by atomic mass is 35.5. The normalized spacial score (nSPS) is 12.6. The summed E-state index contributed by atoms with van der Waals surface area (Å²) in [5.74, 6) is 0.653. The number of sulfone groups is 1. The van der Waals surface area contributed by atoms with E-state index >= 15 is 0 Å². The second-order valence-corrected chi connectivity index (χ2v) is 12.6. The molecule has 1 atom stereocenters. The number of aryl methyl sites for hydroxylation is 3. The molecule has 1 aromatic heterocycles. The van der Waals surface area contributed by atoms with Gasteiger partial charge in [0.1, 0.15) is 16.1 Å². The van der Waals surface area contributed by atoms with Gasteiger partial charge >= 0.3 is 5.97 Å². The fourth-order valence-electron chi connectivity index (χ4n) is 4.03. The summed E-state index contributed by atoms with van der Waals surface area (Å²) < 4.78 is 38.1. The summed E-state index contributed by atoms with van der Waals surface area (Å²) in [6, 6.07) is 11.4. The van der Waals surface area contributed by atoms with Gasteiger partial charge in [-0.2, -0.15) is 0 Å². The molecule has 3 rings (SSSR count). The number of fused-ring (bicyclic) bond motifs is 1. The van der Waals surface area contributed by atoms with Crippen LogP contribution >= 0.6 is 22.9 Å². The molecule has 0 fully saturated rings. The average molecular weight is 552 g/mol. The van der Waals surface area contributed by atoms with Crippen LogP contribution < -0.4 is 10.1 Å². The maximum absolute atomic E-state index is 13.0. The third-order valence-electron chi connectivity index (χ3n) is 6.17. The number of ether oxygens (including phenoxy) is 2. The maximum Gasteiger partial charge on any atom is 0.305 e. The molecule has 1 heterocycles. The third-order valence-corrected chi connectivity index (χ3v) is 10.2. The van der Waals surface area contributed by atoms with E-state index in [4.69, 9.17) is 21.1 Å². The van der Waals surface area contributed by atoms with E-state index in [1.54, 1.807) is 6.07 Å². The highest BCUT2D eigenvalue weighted by Crippen LogP contribution is 2.36. The summed E-state index contributed by atoms with van der Waals surface area (Å²) in [6.45, 7) is 7.12. The summed E-state index contributed by atoms with van der Waals surface area (Å²) in [6.07, 6.45) is 2.29. The number of halogens is 1. The van der Waals surface area contributed by atoms with Crippen LogP contribution in [0.2, 0.25) is 5.02 Å². The van der Waals surface area contributed by atoms with Crippen molar-refractivity contribution in [1.29, 1.82) is 0 Å². The van der Waals surface area contributed by atoms with Gasteiger partial charge in [-0.25, -0.2) is 8.42 Å². The van der Waals surface area contributed by atoms with Gasteiger partial charge in [-0.05, 0) is 92.1 Å². The van der Waals surface area contributed by atoms with Crippen molar-refractivity contribution in [2.75, 3.05) is 26.0 Å². The Bertz CT molecular complexity index is 1300. The number of carbonyl (C=O) groups excluding carboxylic acids is 1. The van der Waals surface area contributed by atoms with Crippen molar-refractivity contribution in [1.82, 2.24) is 5.32 Å². The number of esters is 1. The van der Waals surface area contributed by atoms with Crippen molar-refractivity contribution in [2.45, 2.75) is 56.8 Å². The fraction of sp³-hybridized carbons (Fsp3) is 0.444. The number of hydrogen-bond donors (Lipinski definition) is 1. The number of nitrogens with one attached hydrogen (secondary N) is 1. The zero-order valence-electron chi connectivity index (χ0n) is 21.2. The summed E-state index contributed by atoms with van der Waals surface area (Å²) in [7, 11) is -1.97. The molecule has 0 saturated heterocycles. The minimum Gasteiger partial charge on any atom is -0.489 e. The second kappa shape index (κ2) is 12.9. The van der Waals surface area contributed by atoms with Crippen LogP contribution in [0, 0.1) is 13.8 Å². The van der Waals surface area contributed by atoms with Crippen molar-refractivity contribution >= 4 is 48.8 Å². The number of rotatable bonds is 13. The topological polar surface area (TPSA) is 81.7 Å². The van der Waals surface area contributed by atoms with E-state index in [1.165, 1.54) is 18.4 Å². The van der Waals surface area contributed by atoms with Crippen LogP contribution in [0.15, 0.2) is 40.6 Å². The Morgan fingerprint density at radius 3 is 2.64 bits per heavy atom. The van der Waals surface area contributed by atoms with Crippen molar-refractivity contribution in [3.8, 4) is 5.75 Å². The highest BCUT2D eigenvalue weighted by molar-refractivity contribution is 7.93. The van der Waals surface area contributed by atoms with Gasteiger partial charge in [0.05, 0.1) is 12.9 Å². The number of thiophene rings is 1. The number of benzene rings is 2. The molecule has 2 aromatic carbocycles. The molecule has 0 radical (unpaired) electrons. The van der Waals surface area contributed by atoms with E-state index in [-0.39, 0.29) is 17.8 Å². The first-order valence-electron chi connectivity index (χ1n) is 12.1. The van der Waals surface area contributed by atoms with E-state index in [0.29, 0.717) is 41.6 Å². The Morgan fingerprint density at radius 2 is 1.94 bits per heavy atom. The van der Waals surface area contributed by atoms with Gasteiger partial charge in [-0.3, -0.25) is 4.79 Å². The van der Waals surface area contributed by atoms with Crippen molar-refractivity contribution in [2.24, 2.45) is 0 Å². The Morgan fingerprint density at radius 1 is 1.17 bits per heavy atom. The quantitative estimate of drug-likeness (QED) is 0.211. The van der Waals surface area contributed by atoms with Crippen LogP contribution in [-0.2, 0) is 25.8 Å². The highest BCUT2D eigenvalue weighted by Gasteiger charge is 2.21. The van der Waals surface area contributed by atoms with Gasteiger partial charge in [-0.1, -0.05) is 24.6 Å². The summed E-state index contributed by atoms with van der Waals surface area (Å²) >= 11 is 7.40. The molecule has 0 aliphatic heterocycles. The van der Waals surface area contributed by atoms with Crippen molar-refractivity contribution < 1.29 is 22.7 Å². The molecule has 0 bridgehead atoms. The molecule has 196 valence electrons. The molecular formula is C27H34ClNO5S2. The molecule has 0 spiro atoms. The van der Waals surface area contributed by atoms with E-state index in [2.05, 4.69) is 12.2 Å². The van der Waals surface area contributed by atoms with E-state index in [9.17, 15) is 13.2 Å². The van der Waals surface area contributed by atoms with E-state index in [1.807, 2.05) is 44.2 Å². The summed E-state index contributed by atoms with van der Waals surface area (Å²) in [5, 5.41) is 4.85. The monoisotopic (exact) mass is 551 g/mol. The van der Waals surface area contributed by atoms with Crippen LogP contribution in [0.25, 0.3) is 10.1 Å². The number of hydrogen-bond acceptors (Lipinski definition) is 7. The van der Waals surface area contributed by atoms with Gasteiger partial charge in [0.2, 0.25) is 0 Å². The van der Waals surface area contributed by atoms with Crippen LogP contribution in [0.4, 0.5) is 0 Å². The average Bonchev–Trinajstić information content (AvgIpc) is 3.18. The van der Waals surface area contributed by atoms with Crippen LogP contribution in [0.5, 0.6) is 5.75 Å². The molecule has 3 aromatic rings. The lowest BCUT2D eigenvalue weighted by Gasteiger charge is -2.19. The Hall–Kier alpha value is -2.13. The van der Waals surface area contributed by atoms with Crippen LogP contribution in [-0.4, -0.2) is 46.4 Å². The van der Waals surface area contributed by atoms with Crippen LogP contribution in [0.1, 0.15) is 42.9 Å².